The maximum Gasteiger partial charge on any atom is 0.257 e. The minimum absolute atomic E-state index is 0.233. The molecule has 1 aromatic carbocycles. The normalized spacial score (nSPS) is 10.9. The van der Waals surface area contributed by atoms with Gasteiger partial charge in [-0.1, -0.05) is 0 Å². The highest BCUT2D eigenvalue weighted by molar-refractivity contribution is 5.93. The van der Waals surface area contributed by atoms with E-state index in [4.69, 9.17) is 0 Å². The van der Waals surface area contributed by atoms with Crippen molar-refractivity contribution in [2.45, 2.75) is 6.54 Å². The Bertz CT molecular complexity index is 1090. The molecule has 0 radical (unpaired) electrons. The number of rotatable bonds is 4. The van der Waals surface area contributed by atoms with Crippen molar-refractivity contribution in [3.8, 4) is 11.4 Å². The molecule has 3 heterocycles. The number of H-pyrrole nitrogens is 1. The van der Waals surface area contributed by atoms with Crippen LogP contribution in [-0.2, 0) is 6.54 Å². The number of carbonyl (C=O) groups is 1. The summed E-state index contributed by atoms with van der Waals surface area (Å²) in [7, 11) is 1.66. The van der Waals surface area contributed by atoms with Crippen LogP contribution in [0.5, 0.6) is 0 Å². The number of hydrogen-bond donors (Lipinski definition) is 1. The Kier molecular flexibility index (Phi) is 4.29. The van der Waals surface area contributed by atoms with E-state index < -0.39 is 0 Å². The Labute approximate surface area is 153 Å². The summed E-state index contributed by atoms with van der Waals surface area (Å²) in [6.45, 7) is 0.251. The Balaban J connectivity index is 1.49. The van der Waals surface area contributed by atoms with Gasteiger partial charge in [-0.2, -0.15) is 0 Å². The molecule has 0 atom stereocenters. The highest BCUT2D eigenvalue weighted by Gasteiger charge is 2.15. The number of pyridine rings is 1. The van der Waals surface area contributed by atoms with Gasteiger partial charge in [0, 0.05) is 37.4 Å². The van der Waals surface area contributed by atoms with Gasteiger partial charge in [0.2, 0.25) is 0 Å². The van der Waals surface area contributed by atoms with Gasteiger partial charge < -0.3 is 9.88 Å². The summed E-state index contributed by atoms with van der Waals surface area (Å²) >= 11 is 0. The van der Waals surface area contributed by atoms with Crippen LogP contribution in [0, 0.1) is 5.82 Å². The molecule has 4 rings (SSSR count). The summed E-state index contributed by atoms with van der Waals surface area (Å²) < 4.78 is 13.3. The highest BCUT2D eigenvalue weighted by atomic mass is 19.1. The molecule has 4 aromatic rings. The molecule has 7 nitrogen and oxygen atoms in total. The number of amides is 1. The van der Waals surface area contributed by atoms with Gasteiger partial charge in [0.05, 0.1) is 23.1 Å². The van der Waals surface area contributed by atoms with E-state index >= 15 is 0 Å². The molecule has 0 unspecified atom stereocenters. The predicted octanol–water partition coefficient (Wildman–Crippen LogP) is 2.83. The lowest BCUT2D eigenvalue weighted by molar-refractivity contribution is 0.0781. The molecule has 0 saturated heterocycles. The molecule has 0 aliphatic heterocycles. The lowest BCUT2D eigenvalue weighted by Gasteiger charge is -2.15. The largest absolute Gasteiger partial charge is 0.340 e. The average Bonchev–Trinajstić information content (AvgIpc) is 3.09. The van der Waals surface area contributed by atoms with Crippen LogP contribution >= 0.6 is 0 Å². The van der Waals surface area contributed by atoms with Crippen molar-refractivity contribution in [1.29, 1.82) is 0 Å². The van der Waals surface area contributed by atoms with Crippen LogP contribution in [0.4, 0.5) is 4.39 Å². The van der Waals surface area contributed by atoms with Gasteiger partial charge >= 0.3 is 0 Å². The maximum absolute atomic E-state index is 13.3. The fraction of sp³-hybridized carbons (Fsp3) is 0.105. The number of carbonyl (C=O) groups excluding carboxylic acids is 1. The molecular weight excluding hydrogens is 347 g/mol. The van der Waals surface area contributed by atoms with Crippen molar-refractivity contribution in [3.05, 3.63) is 72.3 Å². The van der Waals surface area contributed by atoms with E-state index in [9.17, 15) is 9.18 Å². The summed E-state index contributed by atoms with van der Waals surface area (Å²) in [5, 5.41) is 0. The topological polar surface area (TPSA) is 87.7 Å². The zero-order chi connectivity index (χ0) is 18.8. The first kappa shape index (κ1) is 16.8. The summed E-state index contributed by atoms with van der Waals surface area (Å²) in [6, 6.07) is 7.92. The van der Waals surface area contributed by atoms with Crippen molar-refractivity contribution in [1.82, 2.24) is 29.8 Å². The third kappa shape index (κ3) is 3.50. The van der Waals surface area contributed by atoms with Crippen molar-refractivity contribution >= 4 is 16.9 Å². The molecule has 3 aromatic heterocycles. The maximum atomic E-state index is 13.3. The number of benzene rings is 1. The minimum atomic E-state index is -0.339. The molecule has 0 fully saturated rings. The van der Waals surface area contributed by atoms with Crippen molar-refractivity contribution in [3.63, 3.8) is 0 Å². The monoisotopic (exact) mass is 362 g/mol. The van der Waals surface area contributed by atoms with E-state index in [1.165, 1.54) is 29.4 Å². The van der Waals surface area contributed by atoms with Gasteiger partial charge in [0.1, 0.15) is 11.6 Å². The molecular formula is C19H15FN6O. The summed E-state index contributed by atoms with van der Waals surface area (Å²) in [6.07, 6.45) is 6.31. The molecule has 134 valence electrons. The molecule has 0 saturated carbocycles. The number of aromatic amines is 1. The summed E-state index contributed by atoms with van der Waals surface area (Å²) in [4.78, 5) is 34.0. The number of halogens is 1. The van der Waals surface area contributed by atoms with Gasteiger partial charge in [-0.15, -0.1) is 0 Å². The van der Waals surface area contributed by atoms with Gasteiger partial charge in [0.15, 0.2) is 5.82 Å². The van der Waals surface area contributed by atoms with Crippen LogP contribution in [0.3, 0.4) is 0 Å². The third-order valence-electron chi connectivity index (χ3n) is 4.06. The number of imidazole rings is 1. The van der Waals surface area contributed by atoms with E-state index in [-0.39, 0.29) is 18.3 Å². The fourth-order valence-corrected chi connectivity index (χ4v) is 2.71. The number of nitrogens with zero attached hydrogens (tertiary/aromatic N) is 5. The van der Waals surface area contributed by atoms with Gasteiger partial charge in [-0.25, -0.2) is 19.3 Å². The van der Waals surface area contributed by atoms with E-state index in [1.54, 1.807) is 37.6 Å². The Hall–Kier alpha value is -3.68. The Morgan fingerprint density at radius 2 is 1.89 bits per heavy atom. The number of fused-ring (bicyclic) bond motifs is 1. The lowest BCUT2D eigenvalue weighted by Crippen LogP contribution is -2.27. The molecule has 0 spiro atoms. The van der Waals surface area contributed by atoms with E-state index in [0.29, 0.717) is 28.2 Å². The summed E-state index contributed by atoms with van der Waals surface area (Å²) in [5.41, 5.74) is 2.44. The number of hydrogen-bond acceptors (Lipinski definition) is 5. The quantitative estimate of drug-likeness (QED) is 0.603. The predicted molar refractivity (Wildman–Crippen MR) is 97.1 cm³/mol. The Morgan fingerprint density at radius 1 is 1.15 bits per heavy atom. The van der Waals surface area contributed by atoms with E-state index in [1.807, 2.05) is 0 Å². The zero-order valence-electron chi connectivity index (χ0n) is 14.4. The van der Waals surface area contributed by atoms with Crippen LogP contribution < -0.4 is 0 Å². The van der Waals surface area contributed by atoms with Crippen molar-refractivity contribution < 1.29 is 9.18 Å². The fourth-order valence-electron chi connectivity index (χ4n) is 2.71. The van der Waals surface area contributed by atoms with Gasteiger partial charge in [-0.05, 0) is 30.3 Å². The number of aromatic nitrogens is 5. The molecule has 27 heavy (non-hydrogen) atoms. The standard InChI is InChI=1S/C19H15FN6O/c1-26(11-17-24-15-3-2-14(20)8-16(15)25-17)19(27)13-9-22-18(23-10-13)12-4-6-21-7-5-12/h2-10H,11H2,1H3,(H,24,25). The van der Waals surface area contributed by atoms with Crippen LogP contribution in [0.1, 0.15) is 16.2 Å². The van der Waals surface area contributed by atoms with Crippen LogP contribution in [0.25, 0.3) is 22.4 Å². The third-order valence-corrected chi connectivity index (χ3v) is 4.06. The second-order valence-corrected chi connectivity index (χ2v) is 6.04. The molecule has 0 bridgehead atoms. The van der Waals surface area contributed by atoms with E-state index in [2.05, 4.69) is 24.9 Å². The van der Waals surface area contributed by atoms with Crippen LogP contribution in [-0.4, -0.2) is 42.8 Å². The lowest BCUT2D eigenvalue weighted by atomic mass is 10.2. The van der Waals surface area contributed by atoms with Crippen LogP contribution in [0.15, 0.2) is 55.1 Å². The molecule has 1 N–H and O–H groups in total. The smallest absolute Gasteiger partial charge is 0.257 e. The first-order valence-electron chi connectivity index (χ1n) is 8.22. The van der Waals surface area contributed by atoms with Gasteiger partial charge in [-0.3, -0.25) is 9.78 Å². The first-order chi connectivity index (χ1) is 13.1. The SMILES string of the molecule is CN(Cc1nc2ccc(F)cc2[nH]1)C(=O)c1cnc(-c2ccncc2)nc1. The molecule has 0 aliphatic carbocycles. The second kappa shape index (κ2) is 6.91. The van der Waals surface area contributed by atoms with E-state index in [0.717, 1.165) is 5.56 Å². The first-order valence-corrected chi connectivity index (χ1v) is 8.22. The highest BCUT2D eigenvalue weighted by Crippen LogP contribution is 2.15. The van der Waals surface area contributed by atoms with Gasteiger partial charge in [0.25, 0.3) is 5.91 Å². The zero-order valence-corrected chi connectivity index (χ0v) is 14.4. The summed E-state index contributed by atoms with van der Waals surface area (Å²) in [5.74, 6) is 0.521. The number of nitrogens with one attached hydrogen (secondary N) is 1. The van der Waals surface area contributed by atoms with Crippen LogP contribution in [0.2, 0.25) is 0 Å². The molecule has 0 aliphatic rings. The average molecular weight is 362 g/mol. The second-order valence-electron chi connectivity index (χ2n) is 6.04. The Morgan fingerprint density at radius 3 is 2.63 bits per heavy atom. The van der Waals surface area contributed by atoms with Crippen molar-refractivity contribution in [2.24, 2.45) is 0 Å². The molecule has 1 amide bonds. The van der Waals surface area contributed by atoms with Crippen molar-refractivity contribution in [2.75, 3.05) is 7.05 Å². The molecule has 8 heteroatoms. The minimum Gasteiger partial charge on any atom is -0.340 e.